The number of hydrogen-bond acceptors (Lipinski definition) is 2. The third kappa shape index (κ3) is 3.21. The van der Waals surface area contributed by atoms with Crippen molar-refractivity contribution >= 4 is 10.8 Å². The van der Waals surface area contributed by atoms with Gasteiger partial charge in [-0.3, -0.25) is 4.79 Å². The van der Waals surface area contributed by atoms with E-state index in [2.05, 4.69) is 29.8 Å². The Morgan fingerprint density at radius 1 is 1.12 bits per heavy atom. The first-order valence-electron chi connectivity index (χ1n) is 8.80. The number of benzene rings is 1. The van der Waals surface area contributed by atoms with Gasteiger partial charge in [0.1, 0.15) is 5.69 Å². The molecule has 1 aromatic carbocycles. The number of fused-ring (bicyclic) bond motifs is 2. The summed E-state index contributed by atoms with van der Waals surface area (Å²) in [7, 11) is 0. The molecule has 3 nitrogen and oxygen atoms in total. The lowest BCUT2D eigenvalue weighted by molar-refractivity contribution is 0.484. The minimum atomic E-state index is 0.130. The van der Waals surface area contributed by atoms with Crippen molar-refractivity contribution in [1.82, 2.24) is 9.55 Å². The molecule has 3 aromatic rings. The number of hydrogen-bond donors (Lipinski definition) is 0. The first-order valence-corrected chi connectivity index (χ1v) is 8.80. The molecule has 0 saturated carbocycles. The molecule has 4 rings (SSSR count). The van der Waals surface area contributed by atoms with E-state index < -0.39 is 0 Å². The van der Waals surface area contributed by atoms with E-state index in [0.29, 0.717) is 5.92 Å². The first kappa shape index (κ1) is 15.7. The molecule has 0 saturated heterocycles. The van der Waals surface area contributed by atoms with Crippen LogP contribution in [0, 0.1) is 17.8 Å². The fourth-order valence-electron chi connectivity index (χ4n) is 3.40. The fourth-order valence-corrected chi connectivity index (χ4v) is 3.40. The minimum absolute atomic E-state index is 0.130. The van der Waals surface area contributed by atoms with Crippen molar-refractivity contribution in [1.29, 1.82) is 0 Å². The smallest absolute Gasteiger partial charge is 0.258 e. The van der Waals surface area contributed by atoms with E-state index in [9.17, 15) is 4.79 Å². The van der Waals surface area contributed by atoms with Crippen molar-refractivity contribution in [3.05, 3.63) is 76.0 Å². The second-order valence-electron chi connectivity index (χ2n) is 6.79. The number of aromatic nitrogens is 2. The molecule has 1 aliphatic rings. The highest BCUT2D eigenvalue weighted by Gasteiger charge is 2.15. The van der Waals surface area contributed by atoms with Crippen LogP contribution in [0.3, 0.4) is 0 Å². The van der Waals surface area contributed by atoms with Crippen LogP contribution in [0.4, 0.5) is 0 Å². The summed E-state index contributed by atoms with van der Waals surface area (Å²) < 4.78 is 1.96. The van der Waals surface area contributed by atoms with Gasteiger partial charge in [-0.1, -0.05) is 18.9 Å². The van der Waals surface area contributed by atoms with Gasteiger partial charge in [0.15, 0.2) is 0 Å². The molecule has 3 heterocycles. The fraction of sp³-hybridized carbons (Fsp3) is 0.273. The molecule has 1 aliphatic heterocycles. The van der Waals surface area contributed by atoms with Crippen molar-refractivity contribution in [3.63, 3.8) is 0 Å². The molecule has 1 unspecified atom stereocenters. The van der Waals surface area contributed by atoms with Gasteiger partial charge in [0.05, 0.1) is 0 Å². The third-order valence-electron chi connectivity index (χ3n) is 4.93. The molecule has 1 atom stereocenters. The Balaban J connectivity index is 1.77. The number of rotatable bonds is 0. The van der Waals surface area contributed by atoms with Crippen LogP contribution in [0.5, 0.6) is 0 Å². The molecule has 25 heavy (non-hydrogen) atoms. The van der Waals surface area contributed by atoms with Crippen LogP contribution in [0.15, 0.2) is 53.5 Å². The van der Waals surface area contributed by atoms with Gasteiger partial charge in [-0.05, 0) is 72.9 Å². The Bertz CT molecular complexity index is 1040. The van der Waals surface area contributed by atoms with E-state index in [1.165, 1.54) is 0 Å². The molecule has 0 amide bonds. The van der Waals surface area contributed by atoms with Crippen LogP contribution < -0.4 is 5.56 Å². The lowest BCUT2D eigenvalue weighted by Gasteiger charge is -2.11. The molecule has 124 valence electrons. The Labute approximate surface area is 147 Å². The average Bonchev–Trinajstić information content (AvgIpc) is 2.83. The Morgan fingerprint density at radius 2 is 2.04 bits per heavy atom. The summed E-state index contributed by atoms with van der Waals surface area (Å²) in [6.07, 6.45) is 4.92. The van der Waals surface area contributed by atoms with E-state index in [0.717, 1.165) is 53.5 Å². The van der Waals surface area contributed by atoms with Crippen LogP contribution in [0.25, 0.3) is 10.8 Å². The Morgan fingerprint density at radius 3 is 2.88 bits per heavy atom. The molecule has 0 spiro atoms. The normalized spacial score (nSPS) is 16.6. The maximum absolute atomic E-state index is 12.8. The number of nitrogens with zero attached hydrogens (tertiary/aromatic N) is 2. The van der Waals surface area contributed by atoms with Gasteiger partial charge in [-0.15, -0.1) is 0 Å². The van der Waals surface area contributed by atoms with Crippen LogP contribution >= 0.6 is 0 Å². The second-order valence-corrected chi connectivity index (χ2v) is 6.79. The summed E-state index contributed by atoms with van der Waals surface area (Å²) in [5, 5.41) is 1.76. The van der Waals surface area contributed by atoms with Crippen molar-refractivity contribution in [2.24, 2.45) is 5.92 Å². The van der Waals surface area contributed by atoms with E-state index in [4.69, 9.17) is 0 Å². The average molecular weight is 328 g/mol. The minimum Gasteiger partial charge on any atom is -0.312 e. The quantitative estimate of drug-likeness (QED) is 0.589. The van der Waals surface area contributed by atoms with Crippen molar-refractivity contribution in [2.45, 2.75) is 32.7 Å². The predicted octanol–water partition coefficient (Wildman–Crippen LogP) is 3.77. The topological polar surface area (TPSA) is 34.9 Å². The summed E-state index contributed by atoms with van der Waals surface area (Å²) in [6.45, 7) is 3.09. The molecule has 0 bridgehead atoms. The largest absolute Gasteiger partial charge is 0.312 e. The van der Waals surface area contributed by atoms with Crippen LogP contribution in [0.1, 0.15) is 36.7 Å². The molecule has 0 aliphatic carbocycles. The van der Waals surface area contributed by atoms with E-state index >= 15 is 0 Å². The summed E-state index contributed by atoms with van der Waals surface area (Å²) in [4.78, 5) is 17.1. The SMILES string of the molecule is CC1CCc2cc3cc(C#Cc4ccccn4)ccc3c(=O)n2CC1. The van der Waals surface area contributed by atoms with Crippen molar-refractivity contribution < 1.29 is 0 Å². The lowest BCUT2D eigenvalue weighted by atomic mass is 10.0. The zero-order valence-corrected chi connectivity index (χ0v) is 14.3. The maximum atomic E-state index is 12.8. The molecule has 2 aromatic heterocycles. The summed E-state index contributed by atoms with van der Waals surface area (Å²) in [6, 6.07) is 13.7. The highest BCUT2D eigenvalue weighted by atomic mass is 16.1. The van der Waals surface area contributed by atoms with Gasteiger partial charge in [0.2, 0.25) is 0 Å². The summed E-state index contributed by atoms with van der Waals surface area (Å²) >= 11 is 0. The predicted molar refractivity (Wildman–Crippen MR) is 101 cm³/mol. The van der Waals surface area contributed by atoms with Crippen LogP contribution in [0.2, 0.25) is 0 Å². The van der Waals surface area contributed by atoms with Gasteiger partial charge in [-0.2, -0.15) is 0 Å². The van der Waals surface area contributed by atoms with Gasteiger partial charge < -0.3 is 4.57 Å². The van der Waals surface area contributed by atoms with Crippen molar-refractivity contribution in [3.8, 4) is 11.8 Å². The molecule has 3 heteroatoms. The van der Waals surface area contributed by atoms with E-state index in [1.807, 2.05) is 41.0 Å². The summed E-state index contributed by atoms with van der Waals surface area (Å²) in [5.74, 6) is 6.89. The highest BCUT2D eigenvalue weighted by molar-refractivity contribution is 5.83. The van der Waals surface area contributed by atoms with Gasteiger partial charge >= 0.3 is 0 Å². The Hall–Kier alpha value is -2.86. The molecule has 0 radical (unpaired) electrons. The van der Waals surface area contributed by atoms with Gasteiger partial charge in [-0.25, -0.2) is 4.98 Å². The lowest BCUT2D eigenvalue weighted by Crippen LogP contribution is -2.22. The monoisotopic (exact) mass is 328 g/mol. The highest BCUT2D eigenvalue weighted by Crippen LogP contribution is 2.21. The zero-order chi connectivity index (χ0) is 17.2. The molecular formula is C22H20N2O. The van der Waals surface area contributed by atoms with Gasteiger partial charge in [0.25, 0.3) is 5.56 Å². The maximum Gasteiger partial charge on any atom is 0.258 e. The second kappa shape index (κ2) is 6.57. The zero-order valence-electron chi connectivity index (χ0n) is 14.3. The van der Waals surface area contributed by atoms with E-state index in [-0.39, 0.29) is 5.56 Å². The van der Waals surface area contributed by atoms with Crippen LogP contribution in [-0.2, 0) is 13.0 Å². The van der Waals surface area contributed by atoms with E-state index in [1.54, 1.807) is 6.20 Å². The van der Waals surface area contributed by atoms with Crippen molar-refractivity contribution in [2.75, 3.05) is 0 Å². The molecule has 0 N–H and O–H groups in total. The molecular weight excluding hydrogens is 308 g/mol. The summed E-state index contributed by atoms with van der Waals surface area (Å²) in [5.41, 5.74) is 2.94. The number of pyridine rings is 2. The number of aryl methyl sites for hydroxylation is 1. The van der Waals surface area contributed by atoms with Gasteiger partial charge in [0, 0.05) is 29.4 Å². The Kier molecular flexibility index (Phi) is 4.11. The third-order valence-corrected chi connectivity index (χ3v) is 4.93. The standard InChI is InChI=1S/C22H20N2O/c1-16-5-9-20-15-18-14-17(6-8-19-4-2-3-12-23-19)7-10-21(18)22(25)24(20)13-11-16/h2-4,7,10,12,14-16H,5,9,11,13H2,1H3. The first-order chi connectivity index (χ1) is 12.2. The molecule has 0 fully saturated rings. The van der Waals surface area contributed by atoms with Crippen LogP contribution in [-0.4, -0.2) is 9.55 Å².